The van der Waals surface area contributed by atoms with E-state index in [-0.39, 0.29) is 29.2 Å². The topological polar surface area (TPSA) is 88.1 Å². The second kappa shape index (κ2) is 9.15. The maximum atomic E-state index is 12.9. The zero-order chi connectivity index (χ0) is 23.1. The number of halogens is 2. The van der Waals surface area contributed by atoms with Gasteiger partial charge in [-0.3, -0.25) is 4.79 Å². The van der Waals surface area contributed by atoms with Crippen LogP contribution < -0.4 is 4.72 Å². The lowest BCUT2D eigenvalue weighted by Crippen LogP contribution is -2.42. The molecule has 1 aromatic carbocycles. The molecule has 0 saturated carbocycles. The minimum atomic E-state index is -1.40. The minimum absolute atomic E-state index is 0.0307. The van der Waals surface area contributed by atoms with Crippen LogP contribution in [-0.2, 0) is 25.3 Å². The first-order valence-electron chi connectivity index (χ1n) is 10.2. The number of amides is 1. The highest BCUT2D eigenvalue weighted by atomic mass is 35.5. The van der Waals surface area contributed by atoms with Gasteiger partial charge in [0.15, 0.2) is 11.9 Å². The molecule has 1 amide bonds. The summed E-state index contributed by atoms with van der Waals surface area (Å²) in [7, 11) is -1.40. The normalized spacial score (nSPS) is 25.6. The number of nitrogens with zero attached hydrogens (tertiary/aromatic N) is 1. The van der Waals surface area contributed by atoms with Crippen LogP contribution in [0.5, 0.6) is 5.75 Å². The van der Waals surface area contributed by atoms with E-state index in [0.717, 1.165) is 0 Å². The molecule has 0 aliphatic carbocycles. The van der Waals surface area contributed by atoms with Gasteiger partial charge in [-0.15, -0.1) is 0 Å². The van der Waals surface area contributed by atoms with E-state index in [1.54, 1.807) is 24.8 Å². The molecule has 10 heteroatoms. The smallest absolute Gasteiger partial charge is 0.254 e. The fourth-order valence-corrected chi connectivity index (χ4v) is 5.01. The van der Waals surface area contributed by atoms with Crippen LogP contribution in [0.15, 0.2) is 12.1 Å². The standard InChI is InChI=1S/C21H30Cl2N2O5S/c1-20(2,3)31(28)24-18(13-8-14(22)15(23)9-16(13)26)12-6-7-25(10-12)19(27)17-11-29-21(4,5)30-17/h8-9,12,17-18,24,26H,6-7,10-11H2,1-5H3/t12-,17+,18?,31?/m0/s1. The number of hydrogen-bond donors (Lipinski definition) is 2. The first-order valence-corrected chi connectivity index (χ1v) is 12.2. The predicted octanol–water partition coefficient (Wildman–Crippen LogP) is 3.79. The van der Waals surface area contributed by atoms with Crippen molar-refractivity contribution in [2.75, 3.05) is 19.7 Å². The lowest BCUT2D eigenvalue weighted by atomic mass is 9.92. The van der Waals surface area contributed by atoms with E-state index in [1.165, 1.54) is 6.07 Å². The van der Waals surface area contributed by atoms with Gasteiger partial charge in [0.1, 0.15) is 5.75 Å². The van der Waals surface area contributed by atoms with Gasteiger partial charge in [-0.1, -0.05) is 23.2 Å². The third kappa shape index (κ3) is 5.72. The number of nitrogens with one attached hydrogen (secondary N) is 1. The Morgan fingerprint density at radius 1 is 1.32 bits per heavy atom. The van der Waals surface area contributed by atoms with Crippen molar-refractivity contribution in [2.45, 2.75) is 63.7 Å². The summed E-state index contributed by atoms with van der Waals surface area (Å²) in [6.07, 6.45) is 0.0313. The van der Waals surface area contributed by atoms with Crippen LogP contribution in [0.4, 0.5) is 0 Å². The fourth-order valence-electron chi connectivity index (χ4n) is 3.78. The summed E-state index contributed by atoms with van der Waals surface area (Å²) < 4.78 is 26.8. The Morgan fingerprint density at radius 2 is 1.97 bits per heavy atom. The molecule has 2 heterocycles. The molecule has 31 heavy (non-hydrogen) atoms. The number of rotatable bonds is 5. The highest BCUT2D eigenvalue weighted by molar-refractivity contribution is 7.84. The van der Waals surface area contributed by atoms with E-state index >= 15 is 0 Å². The third-order valence-corrected chi connectivity index (χ3v) is 7.79. The van der Waals surface area contributed by atoms with E-state index in [1.807, 2.05) is 20.8 Å². The number of phenolic OH excluding ortho intramolecular Hbond substituents is 1. The van der Waals surface area contributed by atoms with Gasteiger partial charge >= 0.3 is 0 Å². The number of carbonyl (C=O) groups is 1. The zero-order valence-corrected chi connectivity index (χ0v) is 20.7. The van der Waals surface area contributed by atoms with E-state index < -0.39 is 33.7 Å². The minimum Gasteiger partial charge on any atom is -0.508 e. The summed E-state index contributed by atoms with van der Waals surface area (Å²) in [4.78, 5) is 14.7. The number of benzene rings is 1. The van der Waals surface area contributed by atoms with Gasteiger partial charge in [0, 0.05) is 24.7 Å². The number of phenols is 1. The summed E-state index contributed by atoms with van der Waals surface area (Å²) in [6.45, 7) is 10.3. The third-order valence-electron chi connectivity index (χ3n) is 5.49. The molecule has 2 aliphatic rings. The Balaban J connectivity index is 1.83. The predicted molar refractivity (Wildman–Crippen MR) is 121 cm³/mol. The Labute approximate surface area is 196 Å². The van der Waals surface area contributed by atoms with Crippen LogP contribution >= 0.6 is 23.2 Å². The summed E-state index contributed by atoms with van der Waals surface area (Å²) in [5, 5.41) is 11.1. The van der Waals surface area contributed by atoms with Gasteiger partial charge in [0.2, 0.25) is 0 Å². The van der Waals surface area contributed by atoms with Crippen LogP contribution in [0, 0.1) is 5.92 Å². The molecule has 2 N–H and O–H groups in total. The number of aromatic hydroxyl groups is 1. The summed E-state index contributed by atoms with van der Waals surface area (Å²) in [6, 6.07) is 2.50. The maximum Gasteiger partial charge on any atom is 0.254 e. The maximum absolute atomic E-state index is 12.9. The summed E-state index contributed by atoms with van der Waals surface area (Å²) in [5.41, 5.74) is 0.507. The Bertz CT molecular complexity index is 874. The van der Waals surface area contributed by atoms with E-state index in [4.69, 9.17) is 32.7 Å². The van der Waals surface area contributed by atoms with Crippen LogP contribution in [0.2, 0.25) is 10.0 Å². The molecular formula is C21H30Cl2N2O5S. The summed E-state index contributed by atoms with van der Waals surface area (Å²) in [5.74, 6) is -1.02. The van der Waals surface area contributed by atoms with E-state index in [9.17, 15) is 14.1 Å². The molecule has 0 spiro atoms. The van der Waals surface area contributed by atoms with Crippen molar-refractivity contribution in [3.63, 3.8) is 0 Å². The number of hydrogen-bond acceptors (Lipinski definition) is 5. The van der Waals surface area contributed by atoms with Crippen molar-refractivity contribution in [1.29, 1.82) is 0 Å². The lowest BCUT2D eigenvalue weighted by Gasteiger charge is -2.29. The average molecular weight is 493 g/mol. The average Bonchev–Trinajstić information content (AvgIpc) is 3.28. The molecule has 4 atom stereocenters. The molecule has 2 saturated heterocycles. The SMILES string of the molecule is CC1(C)OC[C@H](C(=O)N2CC[C@H](C(NS(=O)C(C)(C)C)c3cc(Cl)c(Cl)cc3O)C2)O1. The van der Waals surface area contributed by atoms with Gasteiger partial charge in [0.05, 0.1) is 38.4 Å². The quantitative estimate of drug-likeness (QED) is 0.652. The van der Waals surface area contributed by atoms with Crippen molar-refractivity contribution < 1.29 is 23.6 Å². The monoisotopic (exact) mass is 492 g/mol. The molecule has 174 valence electrons. The van der Waals surface area contributed by atoms with E-state index in [2.05, 4.69) is 4.72 Å². The van der Waals surface area contributed by atoms with Gasteiger partial charge in [-0.25, -0.2) is 8.93 Å². The molecule has 0 bridgehead atoms. The molecule has 2 fully saturated rings. The number of carbonyl (C=O) groups excluding carboxylic acids is 1. The molecular weight excluding hydrogens is 463 g/mol. The molecule has 1 aromatic rings. The van der Waals surface area contributed by atoms with Crippen molar-refractivity contribution in [3.8, 4) is 5.75 Å². The van der Waals surface area contributed by atoms with Crippen molar-refractivity contribution >= 4 is 40.1 Å². The molecule has 0 aromatic heterocycles. The van der Waals surface area contributed by atoms with Crippen LogP contribution in [0.1, 0.15) is 52.6 Å². The Kier molecular flexibility index (Phi) is 7.30. The second-order valence-corrected chi connectivity index (χ2v) is 12.3. The molecule has 7 nitrogen and oxygen atoms in total. The first kappa shape index (κ1) is 24.7. The molecule has 2 unspecified atom stereocenters. The largest absolute Gasteiger partial charge is 0.508 e. The van der Waals surface area contributed by atoms with Crippen LogP contribution in [0.25, 0.3) is 0 Å². The van der Waals surface area contributed by atoms with Gasteiger partial charge in [-0.2, -0.15) is 0 Å². The van der Waals surface area contributed by atoms with Gasteiger partial charge in [-0.05, 0) is 53.0 Å². The zero-order valence-electron chi connectivity index (χ0n) is 18.4. The number of likely N-dealkylation sites (tertiary alicyclic amines) is 1. The van der Waals surface area contributed by atoms with Gasteiger partial charge < -0.3 is 19.5 Å². The lowest BCUT2D eigenvalue weighted by molar-refractivity contribution is -0.159. The van der Waals surface area contributed by atoms with Crippen molar-refractivity contribution in [2.24, 2.45) is 5.92 Å². The molecule has 2 aliphatic heterocycles. The van der Waals surface area contributed by atoms with Crippen LogP contribution in [-0.4, -0.2) is 56.5 Å². The Morgan fingerprint density at radius 3 is 2.55 bits per heavy atom. The second-order valence-electron chi connectivity index (χ2n) is 9.45. The Hall–Kier alpha value is -0.900. The molecule has 3 rings (SSSR count). The van der Waals surface area contributed by atoms with Gasteiger partial charge in [0.25, 0.3) is 5.91 Å². The first-order chi connectivity index (χ1) is 14.3. The highest BCUT2D eigenvalue weighted by Gasteiger charge is 2.42. The van der Waals surface area contributed by atoms with Crippen molar-refractivity contribution in [3.05, 3.63) is 27.7 Å². The summed E-state index contributed by atoms with van der Waals surface area (Å²) >= 11 is 12.3. The highest BCUT2D eigenvalue weighted by Crippen LogP contribution is 2.40. The number of ether oxygens (including phenoxy) is 2. The van der Waals surface area contributed by atoms with Crippen molar-refractivity contribution in [1.82, 2.24) is 9.62 Å². The fraction of sp³-hybridized carbons (Fsp3) is 0.667. The van der Waals surface area contributed by atoms with E-state index in [0.29, 0.717) is 30.1 Å². The van der Waals surface area contributed by atoms with Crippen LogP contribution in [0.3, 0.4) is 0 Å². The molecule has 0 radical (unpaired) electrons.